The molecule has 1 amide bonds. The minimum Gasteiger partial charge on any atom is -0.483 e. The second-order valence-corrected chi connectivity index (χ2v) is 9.49. The number of hydrogen-bond donors (Lipinski definition) is 2. The van der Waals surface area contributed by atoms with Gasteiger partial charge in [0.1, 0.15) is 5.75 Å². The Morgan fingerprint density at radius 2 is 2.11 bits per heavy atom. The summed E-state index contributed by atoms with van der Waals surface area (Å²) >= 11 is 0. The number of carbonyl (C=O) groups is 1. The molecule has 1 aromatic heterocycles. The Morgan fingerprint density at radius 3 is 2.89 bits per heavy atom. The molecule has 35 heavy (non-hydrogen) atoms. The van der Waals surface area contributed by atoms with Crippen molar-refractivity contribution in [3.05, 3.63) is 66.4 Å². The third-order valence-corrected chi connectivity index (χ3v) is 6.81. The van der Waals surface area contributed by atoms with Crippen molar-refractivity contribution in [2.75, 3.05) is 40.4 Å². The minimum absolute atomic E-state index is 0.136. The molecule has 2 aromatic carbocycles. The number of aromatic nitrogens is 1. The molecule has 9 nitrogen and oxygen atoms in total. The van der Waals surface area contributed by atoms with E-state index in [-0.39, 0.29) is 24.7 Å². The van der Waals surface area contributed by atoms with Gasteiger partial charge >= 0.3 is 0 Å². The second-order valence-electron chi connectivity index (χ2n) is 8.45. The van der Waals surface area contributed by atoms with Crippen molar-refractivity contribution in [3.8, 4) is 5.75 Å². The molecule has 0 saturated carbocycles. The lowest BCUT2D eigenvalue weighted by Crippen LogP contribution is -2.40. The Hall–Kier alpha value is -3.05. The minimum atomic E-state index is -2.15. The van der Waals surface area contributed by atoms with E-state index in [0.717, 1.165) is 23.0 Å². The van der Waals surface area contributed by atoms with E-state index in [2.05, 4.69) is 14.2 Å². The van der Waals surface area contributed by atoms with Gasteiger partial charge in [0.15, 0.2) is 17.5 Å². The number of aliphatic hydroxyl groups is 1. The predicted molar refractivity (Wildman–Crippen MR) is 135 cm³/mol. The molecule has 0 bridgehead atoms. The fourth-order valence-corrected chi connectivity index (χ4v) is 4.61. The lowest BCUT2D eigenvalue weighted by molar-refractivity contribution is -0.134. The van der Waals surface area contributed by atoms with Crippen LogP contribution in [-0.4, -0.2) is 76.5 Å². The Bertz CT molecular complexity index is 1260. The molecule has 1 aliphatic heterocycles. The number of rotatable bonds is 9. The number of hydrogen-bond acceptors (Lipinski definition) is 8. The van der Waals surface area contributed by atoms with E-state index in [4.69, 9.17) is 8.92 Å². The molecular weight excluding hydrogens is 468 g/mol. The Morgan fingerprint density at radius 1 is 1.29 bits per heavy atom. The van der Waals surface area contributed by atoms with E-state index in [1.165, 1.54) is 7.11 Å². The first-order chi connectivity index (χ1) is 16.9. The molecule has 186 valence electrons. The van der Waals surface area contributed by atoms with Crippen LogP contribution in [-0.2, 0) is 19.9 Å². The molecule has 10 heteroatoms. The van der Waals surface area contributed by atoms with Crippen LogP contribution >= 0.6 is 0 Å². The standard InChI is InChI=1S/C25H30N4O5S/c1-28(25(31)17-34-24-10-4-9-22-21(24)8-5-12-26-22)23(16-29-13-11-20(30)15-29)18-6-3-7-19(14-18)27-35(32)33-2/h3-10,12,14,20,23,30,35H,11,13,15-17H2,1-2H3/t20-,23?/m0/s1. The molecule has 1 N–H and O–H groups in total. The summed E-state index contributed by atoms with van der Waals surface area (Å²) in [6, 6.07) is 16.3. The molecule has 0 radical (unpaired) electrons. The molecule has 3 aromatic rings. The van der Waals surface area contributed by atoms with E-state index < -0.39 is 10.9 Å². The third kappa shape index (κ3) is 6.34. The van der Waals surface area contributed by atoms with Crippen LogP contribution in [0.25, 0.3) is 10.9 Å². The van der Waals surface area contributed by atoms with Crippen molar-refractivity contribution < 1.29 is 23.0 Å². The SMILES string of the molecule is CO[SH](=O)=Nc1cccc(C(CN2CC[C@H](O)C2)N(C)C(=O)COc2cccc3ncccc23)c1. The molecule has 3 atom stereocenters. The fraction of sp³-hybridized carbons (Fsp3) is 0.360. The van der Waals surface area contributed by atoms with Crippen molar-refractivity contribution in [1.82, 2.24) is 14.8 Å². The summed E-state index contributed by atoms with van der Waals surface area (Å²) in [6.07, 6.45) is 2.05. The van der Waals surface area contributed by atoms with Crippen LogP contribution < -0.4 is 4.74 Å². The zero-order chi connectivity index (χ0) is 24.8. The highest BCUT2D eigenvalue weighted by molar-refractivity contribution is 7.69. The molecular formula is C25H30N4O5S. The van der Waals surface area contributed by atoms with Gasteiger partial charge in [-0.05, 0) is 48.4 Å². The van der Waals surface area contributed by atoms with E-state index in [1.54, 1.807) is 24.2 Å². The first kappa shape index (κ1) is 25.1. The fourth-order valence-electron chi connectivity index (χ4n) is 4.22. The van der Waals surface area contributed by atoms with Gasteiger partial charge in [-0.3, -0.25) is 18.9 Å². The zero-order valence-electron chi connectivity index (χ0n) is 19.8. The summed E-state index contributed by atoms with van der Waals surface area (Å²) in [4.78, 5) is 21.4. The molecule has 2 heterocycles. The highest BCUT2D eigenvalue weighted by Crippen LogP contribution is 2.28. The third-order valence-electron chi connectivity index (χ3n) is 6.10. The maximum atomic E-state index is 13.2. The van der Waals surface area contributed by atoms with Crippen LogP contribution in [0.5, 0.6) is 5.75 Å². The molecule has 4 rings (SSSR count). The number of pyridine rings is 1. The van der Waals surface area contributed by atoms with Gasteiger partial charge in [0, 0.05) is 38.3 Å². The number of nitrogens with zero attached hydrogens (tertiary/aromatic N) is 4. The van der Waals surface area contributed by atoms with Gasteiger partial charge in [0.2, 0.25) is 0 Å². The van der Waals surface area contributed by atoms with E-state index >= 15 is 0 Å². The number of fused-ring (bicyclic) bond motifs is 1. The number of aliphatic hydroxyl groups excluding tert-OH is 1. The van der Waals surface area contributed by atoms with Crippen LogP contribution in [0.15, 0.2) is 65.2 Å². The lowest BCUT2D eigenvalue weighted by atomic mass is 10.0. The van der Waals surface area contributed by atoms with Crippen LogP contribution in [0, 0.1) is 0 Å². The van der Waals surface area contributed by atoms with Gasteiger partial charge in [-0.1, -0.05) is 18.2 Å². The van der Waals surface area contributed by atoms with Crippen molar-refractivity contribution in [2.24, 2.45) is 4.36 Å². The quantitative estimate of drug-likeness (QED) is 0.437. The van der Waals surface area contributed by atoms with E-state index in [0.29, 0.717) is 30.9 Å². The van der Waals surface area contributed by atoms with Crippen LogP contribution in [0.4, 0.5) is 5.69 Å². The van der Waals surface area contributed by atoms with Gasteiger partial charge in [-0.25, -0.2) is 4.21 Å². The molecule has 1 fully saturated rings. The highest BCUT2D eigenvalue weighted by Gasteiger charge is 2.28. The maximum Gasteiger partial charge on any atom is 0.260 e. The summed E-state index contributed by atoms with van der Waals surface area (Å²) in [7, 11) is 0.929. The largest absolute Gasteiger partial charge is 0.483 e. The van der Waals surface area contributed by atoms with Crippen molar-refractivity contribution in [3.63, 3.8) is 0 Å². The van der Waals surface area contributed by atoms with Crippen LogP contribution in [0.1, 0.15) is 18.0 Å². The average molecular weight is 499 g/mol. The lowest BCUT2D eigenvalue weighted by Gasteiger charge is -2.32. The Balaban J connectivity index is 1.54. The Kier molecular flexibility index (Phi) is 8.29. The van der Waals surface area contributed by atoms with Gasteiger partial charge in [-0.2, -0.15) is 4.36 Å². The summed E-state index contributed by atoms with van der Waals surface area (Å²) < 4.78 is 26.5. The van der Waals surface area contributed by atoms with Crippen molar-refractivity contribution in [1.29, 1.82) is 0 Å². The molecule has 2 unspecified atom stereocenters. The normalized spacial score (nSPS) is 18.0. The number of amides is 1. The smallest absolute Gasteiger partial charge is 0.260 e. The van der Waals surface area contributed by atoms with Gasteiger partial charge in [-0.15, -0.1) is 0 Å². The number of benzene rings is 2. The topological polar surface area (TPSA) is 105 Å². The summed E-state index contributed by atoms with van der Waals surface area (Å²) in [5, 5.41) is 10.8. The van der Waals surface area contributed by atoms with Crippen molar-refractivity contribution in [2.45, 2.75) is 18.6 Å². The van der Waals surface area contributed by atoms with Gasteiger partial charge in [0.05, 0.1) is 30.5 Å². The number of likely N-dealkylation sites (tertiary alicyclic amines) is 1. The number of likely N-dealkylation sites (N-methyl/N-ethyl adjacent to an activating group) is 1. The number of carbonyl (C=O) groups excluding carboxylic acids is 1. The van der Waals surface area contributed by atoms with Gasteiger partial charge < -0.3 is 14.7 Å². The average Bonchev–Trinajstić information content (AvgIpc) is 3.30. The predicted octanol–water partition coefficient (Wildman–Crippen LogP) is 2.74. The zero-order valence-corrected chi connectivity index (χ0v) is 20.7. The van der Waals surface area contributed by atoms with Gasteiger partial charge in [0.25, 0.3) is 5.91 Å². The summed E-state index contributed by atoms with van der Waals surface area (Å²) in [6.45, 7) is 1.71. The maximum absolute atomic E-state index is 13.2. The number of thiol groups is 1. The summed E-state index contributed by atoms with van der Waals surface area (Å²) in [5.74, 6) is 0.404. The number of ether oxygens (including phenoxy) is 1. The molecule has 0 aliphatic carbocycles. The van der Waals surface area contributed by atoms with Crippen molar-refractivity contribution >= 4 is 33.4 Å². The van der Waals surface area contributed by atoms with Crippen LogP contribution in [0.3, 0.4) is 0 Å². The first-order valence-corrected chi connectivity index (χ1v) is 12.5. The monoisotopic (exact) mass is 498 g/mol. The highest BCUT2D eigenvalue weighted by atomic mass is 32.2. The Labute approximate surface area is 206 Å². The molecule has 1 aliphatic rings. The molecule has 1 saturated heterocycles. The summed E-state index contributed by atoms with van der Waals surface area (Å²) in [5.41, 5.74) is 2.15. The first-order valence-electron chi connectivity index (χ1n) is 11.4. The number of β-amino-alcohol motifs (C(OH)–C–C–N with tert-alkyl or cyclic N) is 1. The molecule has 0 spiro atoms. The van der Waals surface area contributed by atoms with Crippen LogP contribution in [0.2, 0.25) is 0 Å². The van der Waals surface area contributed by atoms with E-state index in [9.17, 15) is 14.1 Å². The second kappa shape index (κ2) is 11.6. The van der Waals surface area contributed by atoms with E-state index in [1.807, 2.05) is 48.5 Å².